The van der Waals surface area contributed by atoms with E-state index >= 15 is 0 Å². The molecule has 1 fully saturated rings. The number of carbonyl (C=O) groups is 1. The van der Waals surface area contributed by atoms with Gasteiger partial charge in [-0.1, -0.05) is 34.1 Å². The van der Waals surface area contributed by atoms with Crippen molar-refractivity contribution in [3.05, 3.63) is 29.8 Å². The third kappa shape index (κ3) is 3.50. The lowest BCUT2D eigenvalue weighted by Gasteiger charge is -2.37. The summed E-state index contributed by atoms with van der Waals surface area (Å²) < 4.78 is 5.31. The van der Waals surface area contributed by atoms with Crippen molar-refractivity contribution in [2.24, 2.45) is 0 Å². The number of alkyl halides is 1. The lowest BCUT2D eigenvalue weighted by molar-refractivity contribution is -0.134. The van der Waals surface area contributed by atoms with Crippen LogP contribution >= 0.6 is 15.9 Å². The van der Waals surface area contributed by atoms with Crippen molar-refractivity contribution in [3.8, 4) is 5.75 Å². The first-order valence-electron chi connectivity index (χ1n) is 6.73. The highest BCUT2D eigenvalue weighted by molar-refractivity contribution is 9.09. The van der Waals surface area contributed by atoms with Crippen LogP contribution in [0.1, 0.15) is 24.8 Å². The first-order valence-corrected chi connectivity index (χ1v) is 7.85. The second-order valence-corrected chi connectivity index (χ2v) is 5.64. The number of ether oxygens (including phenoxy) is 1. The first-order chi connectivity index (χ1) is 9.26. The van der Waals surface area contributed by atoms with Crippen molar-refractivity contribution >= 4 is 21.8 Å². The van der Waals surface area contributed by atoms with Gasteiger partial charge in [0.15, 0.2) is 0 Å². The summed E-state index contributed by atoms with van der Waals surface area (Å²) in [5.74, 6) is 0.997. The van der Waals surface area contributed by atoms with Gasteiger partial charge in [-0.15, -0.1) is 0 Å². The smallest absolute Gasteiger partial charge is 0.227 e. The summed E-state index contributed by atoms with van der Waals surface area (Å²) in [6.07, 6.45) is 3.95. The monoisotopic (exact) mass is 325 g/mol. The van der Waals surface area contributed by atoms with Crippen molar-refractivity contribution in [1.29, 1.82) is 0 Å². The average Bonchev–Trinajstić information content (AvgIpc) is 2.36. The van der Waals surface area contributed by atoms with Gasteiger partial charge in [0.05, 0.1) is 13.5 Å². The fraction of sp³-hybridized carbons (Fsp3) is 0.533. The molecule has 0 heterocycles. The highest BCUT2D eigenvalue weighted by Gasteiger charge is 2.28. The Kier molecular flexibility index (Phi) is 5.25. The minimum Gasteiger partial charge on any atom is -0.496 e. The van der Waals surface area contributed by atoms with Gasteiger partial charge in [0.1, 0.15) is 5.75 Å². The number of nitrogens with zero attached hydrogens (tertiary/aromatic N) is 1. The molecule has 2 rings (SSSR count). The van der Waals surface area contributed by atoms with E-state index in [2.05, 4.69) is 15.9 Å². The van der Waals surface area contributed by atoms with Crippen LogP contribution in [-0.4, -0.2) is 35.8 Å². The van der Waals surface area contributed by atoms with Crippen molar-refractivity contribution in [1.82, 2.24) is 4.90 Å². The van der Waals surface area contributed by atoms with Gasteiger partial charge in [0.25, 0.3) is 0 Å². The van der Waals surface area contributed by atoms with E-state index in [1.165, 1.54) is 6.42 Å². The van der Waals surface area contributed by atoms with E-state index < -0.39 is 0 Å². The van der Waals surface area contributed by atoms with E-state index in [4.69, 9.17) is 4.74 Å². The van der Waals surface area contributed by atoms with Gasteiger partial charge in [0, 0.05) is 23.5 Å². The summed E-state index contributed by atoms with van der Waals surface area (Å²) in [7, 11) is 1.64. The molecule has 0 saturated heterocycles. The fourth-order valence-electron chi connectivity index (χ4n) is 2.41. The number of halogens is 1. The van der Waals surface area contributed by atoms with E-state index in [1.54, 1.807) is 7.11 Å². The summed E-state index contributed by atoms with van der Waals surface area (Å²) >= 11 is 3.43. The summed E-state index contributed by atoms with van der Waals surface area (Å²) in [4.78, 5) is 14.5. The molecule has 0 bridgehead atoms. The zero-order valence-corrected chi connectivity index (χ0v) is 12.9. The molecule has 1 amide bonds. The van der Waals surface area contributed by atoms with Crippen LogP contribution in [0.5, 0.6) is 5.75 Å². The largest absolute Gasteiger partial charge is 0.496 e. The predicted octanol–water partition coefficient (Wildman–Crippen LogP) is 3.01. The van der Waals surface area contributed by atoms with Gasteiger partial charge in [-0.05, 0) is 25.3 Å². The molecule has 0 atom stereocenters. The number of hydrogen-bond donors (Lipinski definition) is 0. The molecule has 1 saturated carbocycles. The molecule has 0 unspecified atom stereocenters. The molecule has 0 radical (unpaired) electrons. The highest BCUT2D eigenvalue weighted by Crippen LogP contribution is 2.26. The Bertz CT molecular complexity index is 432. The predicted molar refractivity (Wildman–Crippen MR) is 79.8 cm³/mol. The summed E-state index contributed by atoms with van der Waals surface area (Å²) in [6, 6.07) is 8.18. The van der Waals surface area contributed by atoms with Crippen LogP contribution in [0.25, 0.3) is 0 Å². The van der Waals surface area contributed by atoms with Gasteiger partial charge in [-0.3, -0.25) is 4.79 Å². The van der Waals surface area contributed by atoms with Crippen LogP contribution in [0.2, 0.25) is 0 Å². The molecular weight excluding hydrogens is 306 g/mol. The number of amides is 1. The van der Waals surface area contributed by atoms with E-state index in [1.807, 2.05) is 29.2 Å². The Morgan fingerprint density at radius 3 is 2.74 bits per heavy atom. The zero-order chi connectivity index (χ0) is 13.7. The van der Waals surface area contributed by atoms with Gasteiger partial charge >= 0.3 is 0 Å². The molecule has 0 aromatic heterocycles. The van der Waals surface area contributed by atoms with Crippen molar-refractivity contribution in [2.45, 2.75) is 31.7 Å². The SMILES string of the molecule is COc1ccccc1CC(=O)N(CCBr)C1CCC1. The quantitative estimate of drug-likeness (QED) is 0.752. The maximum absolute atomic E-state index is 12.5. The number of methoxy groups -OCH3 is 1. The Morgan fingerprint density at radius 2 is 2.16 bits per heavy atom. The fourth-order valence-corrected chi connectivity index (χ4v) is 2.80. The Labute approximate surface area is 123 Å². The van der Waals surface area contributed by atoms with E-state index in [9.17, 15) is 4.79 Å². The molecule has 0 N–H and O–H groups in total. The van der Waals surface area contributed by atoms with Gasteiger partial charge in [-0.2, -0.15) is 0 Å². The Hall–Kier alpha value is -1.03. The highest BCUT2D eigenvalue weighted by atomic mass is 79.9. The second-order valence-electron chi connectivity index (χ2n) is 4.85. The van der Waals surface area contributed by atoms with E-state index in [0.29, 0.717) is 12.5 Å². The minimum atomic E-state index is 0.202. The van der Waals surface area contributed by atoms with Crippen LogP contribution in [0.15, 0.2) is 24.3 Å². The molecule has 1 aromatic rings. The number of carbonyl (C=O) groups excluding carboxylic acids is 1. The zero-order valence-electron chi connectivity index (χ0n) is 11.3. The normalized spacial score (nSPS) is 14.8. The molecule has 0 aliphatic heterocycles. The molecule has 1 aliphatic rings. The first kappa shape index (κ1) is 14.4. The number of benzene rings is 1. The summed E-state index contributed by atoms with van der Waals surface area (Å²) in [6.45, 7) is 0.790. The van der Waals surface area contributed by atoms with Crippen LogP contribution in [0.3, 0.4) is 0 Å². The molecule has 4 heteroatoms. The second kappa shape index (κ2) is 6.94. The summed E-state index contributed by atoms with van der Waals surface area (Å²) in [5, 5.41) is 0.834. The maximum Gasteiger partial charge on any atom is 0.227 e. The lowest BCUT2D eigenvalue weighted by Crippen LogP contribution is -2.45. The van der Waals surface area contributed by atoms with E-state index in [0.717, 1.165) is 36.0 Å². The van der Waals surface area contributed by atoms with Gasteiger partial charge in [0.2, 0.25) is 5.91 Å². The molecular formula is C15H20BrNO2. The maximum atomic E-state index is 12.5. The average molecular weight is 326 g/mol. The molecule has 1 aromatic carbocycles. The number of hydrogen-bond acceptors (Lipinski definition) is 2. The van der Waals surface area contributed by atoms with Crippen LogP contribution in [-0.2, 0) is 11.2 Å². The molecule has 3 nitrogen and oxygen atoms in total. The van der Waals surface area contributed by atoms with Crippen LogP contribution < -0.4 is 4.74 Å². The molecule has 104 valence electrons. The minimum absolute atomic E-state index is 0.202. The van der Waals surface area contributed by atoms with Crippen LogP contribution in [0, 0.1) is 0 Å². The van der Waals surface area contributed by atoms with Crippen LogP contribution in [0.4, 0.5) is 0 Å². The molecule has 19 heavy (non-hydrogen) atoms. The third-order valence-electron chi connectivity index (χ3n) is 3.70. The summed E-state index contributed by atoms with van der Waals surface area (Å²) in [5.41, 5.74) is 0.967. The van der Waals surface area contributed by atoms with Gasteiger partial charge in [-0.25, -0.2) is 0 Å². The number of para-hydroxylation sites is 1. The van der Waals surface area contributed by atoms with E-state index in [-0.39, 0.29) is 5.91 Å². The van der Waals surface area contributed by atoms with Crippen molar-refractivity contribution in [3.63, 3.8) is 0 Å². The number of rotatable bonds is 6. The molecule has 0 spiro atoms. The Morgan fingerprint density at radius 1 is 1.42 bits per heavy atom. The van der Waals surface area contributed by atoms with Crippen molar-refractivity contribution < 1.29 is 9.53 Å². The standard InChI is InChI=1S/C15H20BrNO2/c1-19-14-8-3-2-5-12(14)11-15(18)17(10-9-16)13-6-4-7-13/h2-3,5,8,13H,4,6-7,9-11H2,1H3. The van der Waals surface area contributed by atoms with Gasteiger partial charge < -0.3 is 9.64 Å². The molecule has 1 aliphatic carbocycles. The van der Waals surface area contributed by atoms with Crippen molar-refractivity contribution in [2.75, 3.05) is 19.0 Å². The third-order valence-corrected chi connectivity index (χ3v) is 4.05. The lowest BCUT2D eigenvalue weighted by atomic mass is 9.91. The Balaban J connectivity index is 2.05. The topological polar surface area (TPSA) is 29.5 Å².